The van der Waals surface area contributed by atoms with E-state index in [1.807, 2.05) is 42.5 Å². The van der Waals surface area contributed by atoms with Crippen molar-refractivity contribution in [2.24, 2.45) is 0 Å². The second-order valence-corrected chi connectivity index (χ2v) is 9.79. The minimum Gasteiger partial charge on any atom is -0.355 e. The highest BCUT2D eigenvalue weighted by Gasteiger charge is 2.43. The number of amides is 2. The van der Waals surface area contributed by atoms with Gasteiger partial charge in [-0.2, -0.15) is 0 Å². The number of aryl methyl sites for hydroxylation is 1. The van der Waals surface area contributed by atoms with E-state index in [4.69, 9.17) is 0 Å². The van der Waals surface area contributed by atoms with E-state index in [9.17, 15) is 18.0 Å². The maximum absolute atomic E-state index is 13.1. The Morgan fingerprint density at radius 2 is 1.68 bits per heavy atom. The molecule has 164 valence electrons. The van der Waals surface area contributed by atoms with E-state index in [-0.39, 0.29) is 10.5 Å². The van der Waals surface area contributed by atoms with Crippen LogP contribution in [0, 0.1) is 0 Å². The molecule has 1 heterocycles. The average molecular weight is 441 g/mol. The van der Waals surface area contributed by atoms with Gasteiger partial charge in [0.2, 0.25) is 5.91 Å². The highest BCUT2D eigenvalue weighted by atomic mass is 32.2. The number of carbonyl (C=O) groups is 2. The summed E-state index contributed by atoms with van der Waals surface area (Å²) >= 11 is 0. The molecule has 0 radical (unpaired) electrons. The molecule has 0 aliphatic carbocycles. The first kappa shape index (κ1) is 22.7. The molecule has 2 aromatic rings. The van der Waals surface area contributed by atoms with Crippen LogP contribution in [0.15, 0.2) is 60.2 Å². The van der Waals surface area contributed by atoms with Crippen molar-refractivity contribution >= 4 is 26.7 Å². The van der Waals surface area contributed by atoms with Crippen molar-refractivity contribution in [3.63, 3.8) is 0 Å². The van der Waals surface area contributed by atoms with E-state index in [0.29, 0.717) is 22.3 Å². The summed E-state index contributed by atoms with van der Waals surface area (Å²) in [6.07, 6.45) is 1.53. The van der Waals surface area contributed by atoms with E-state index in [0.717, 1.165) is 18.4 Å². The highest BCUT2D eigenvalue weighted by molar-refractivity contribution is 7.99. The number of rotatable bonds is 8. The van der Waals surface area contributed by atoms with Gasteiger partial charge in [0.05, 0.1) is 0 Å². The predicted molar refractivity (Wildman–Crippen MR) is 122 cm³/mol. The molecular formula is C24H28N2O4S. The minimum atomic E-state index is -4.08. The first-order chi connectivity index (χ1) is 14.7. The van der Waals surface area contributed by atoms with Gasteiger partial charge in [-0.25, -0.2) is 12.7 Å². The predicted octanol–water partition coefficient (Wildman–Crippen LogP) is 3.46. The minimum absolute atomic E-state index is 0.0234. The van der Waals surface area contributed by atoms with E-state index >= 15 is 0 Å². The van der Waals surface area contributed by atoms with Gasteiger partial charge in [-0.1, -0.05) is 68.4 Å². The van der Waals surface area contributed by atoms with Gasteiger partial charge in [0.25, 0.3) is 15.9 Å². The molecule has 6 nitrogen and oxygen atoms in total. The highest BCUT2D eigenvalue weighted by Crippen LogP contribution is 2.35. The monoisotopic (exact) mass is 440 g/mol. The molecule has 1 aliphatic heterocycles. The van der Waals surface area contributed by atoms with Crippen molar-refractivity contribution in [2.45, 2.75) is 39.5 Å². The Balaban J connectivity index is 1.63. The lowest BCUT2D eigenvalue weighted by Crippen LogP contribution is -2.41. The van der Waals surface area contributed by atoms with Crippen LogP contribution in [0.5, 0.6) is 0 Å². The van der Waals surface area contributed by atoms with Crippen LogP contribution in [0.2, 0.25) is 0 Å². The van der Waals surface area contributed by atoms with Crippen LogP contribution in [0.25, 0.3) is 4.91 Å². The van der Waals surface area contributed by atoms with Crippen molar-refractivity contribution in [2.75, 3.05) is 13.1 Å². The molecule has 3 rings (SSSR count). The number of carbonyl (C=O) groups excluding carboxylic acids is 2. The van der Waals surface area contributed by atoms with Gasteiger partial charge in [-0.3, -0.25) is 9.59 Å². The lowest BCUT2D eigenvalue weighted by atomic mass is 10.0. The molecule has 31 heavy (non-hydrogen) atoms. The van der Waals surface area contributed by atoms with Crippen LogP contribution in [-0.2, 0) is 26.0 Å². The first-order valence-corrected chi connectivity index (χ1v) is 11.8. The van der Waals surface area contributed by atoms with Gasteiger partial charge < -0.3 is 5.32 Å². The van der Waals surface area contributed by atoms with Crippen LogP contribution in [-0.4, -0.2) is 37.6 Å². The zero-order valence-corrected chi connectivity index (χ0v) is 18.9. The standard InChI is InChI=1S/C24H28N2O4S/c1-17(2)20-11-13-21(14-12-20)23-18(3)24(28)26(31(23,29)30)16-22(27)25-15-7-10-19-8-5-4-6-9-19/h4-6,8-9,11-14,17H,7,10,15-16H2,1-3H3,(H,25,27). The zero-order valence-electron chi connectivity index (χ0n) is 18.1. The normalized spacial score (nSPS) is 15.6. The van der Waals surface area contributed by atoms with Crippen LogP contribution in [0.4, 0.5) is 0 Å². The Bertz CT molecular complexity index is 1090. The van der Waals surface area contributed by atoms with Crippen molar-refractivity contribution in [3.05, 3.63) is 76.9 Å². The summed E-state index contributed by atoms with van der Waals surface area (Å²) in [6, 6.07) is 17.1. The average Bonchev–Trinajstić information content (AvgIpc) is 2.91. The van der Waals surface area contributed by atoms with Crippen LogP contribution in [0.3, 0.4) is 0 Å². The molecule has 0 saturated carbocycles. The fraction of sp³-hybridized carbons (Fsp3) is 0.333. The van der Waals surface area contributed by atoms with Crippen molar-refractivity contribution in [1.82, 2.24) is 9.62 Å². The lowest BCUT2D eigenvalue weighted by molar-refractivity contribution is -0.128. The molecule has 2 amide bonds. The van der Waals surface area contributed by atoms with Crippen molar-refractivity contribution in [1.29, 1.82) is 0 Å². The third kappa shape index (κ3) is 5.05. The molecule has 0 spiro atoms. The number of sulfonamides is 1. The Labute approximate surface area is 184 Å². The maximum atomic E-state index is 13.1. The summed E-state index contributed by atoms with van der Waals surface area (Å²) in [6.45, 7) is 5.48. The molecular weight excluding hydrogens is 412 g/mol. The lowest BCUT2D eigenvalue weighted by Gasteiger charge is -2.16. The topological polar surface area (TPSA) is 83.6 Å². The molecule has 1 N–H and O–H groups in total. The number of nitrogens with one attached hydrogen (secondary N) is 1. The van der Waals surface area contributed by atoms with Gasteiger partial charge in [0.1, 0.15) is 11.4 Å². The summed E-state index contributed by atoms with van der Waals surface area (Å²) in [7, 11) is -4.08. The Morgan fingerprint density at radius 3 is 2.29 bits per heavy atom. The van der Waals surface area contributed by atoms with Gasteiger partial charge in [0, 0.05) is 12.1 Å². The first-order valence-electron chi connectivity index (χ1n) is 10.4. The van der Waals surface area contributed by atoms with Crippen LogP contribution < -0.4 is 5.32 Å². The van der Waals surface area contributed by atoms with Crippen molar-refractivity contribution < 1.29 is 18.0 Å². The molecule has 0 aromatic heterocycles. The largest absolute Gasteiger partial charge is 0.355 e. The van der Waals surface area contributed by atoms with E-state index < -0.39 is 28.4 Å². The molecule has 0 fully saturated rings. The second kappa shape index (κ2) is 9.47. The Kier molecular flexibility index (Phi) is 6.95. The quantitative estimate of drug-likeness (QED) is 0.637. The van der Waals surface area contributed by atoms with Gasteiger partial charge in [0.15, 0.2) is 0 Å². The third-order valence-electron chi connectivity index (χ3n) is 5.37. The molecule has 7 heteroatoms. The molecule has 0 atom stereocenters. The number of hydrogen-bond donors (Lipinski definition) is 1. The van der Waals surface area contributed by atoms with E-state index in [1.165, 1.54) is 12.5 Å². The van der Waals surface area contributed by atoms with Crippen LogP contribution in [0.1, 0.15) is 49.8 Å². The summed E-state index contributed by atoms with van der Waals surface area (Å²) in [5.74, 6) is -0.829. The number of hydrogen-bond acceptors (Lipinski definition) is 4. The van der Waals surface area contributed by atoms with Crippen molar-refractivity contribution in [3.8, 4) is 0 Å². The fourth-order valence-corrected chi connectivity index (χ4v) is 5.36. The summed E-state index contributed by atoms with van der Waals surface area (Å²) < 4.78 is 26.8. The van der Waals surface area contributed by atoms with E-state index in [2.05, 4.69) is 19.2 Å². The maximum Gasteiger partial charge on any atom is 0.268 e. The van der Waals surface area contributed by atoms with Gasteiger partial charge in [-0.05, 0) is 42.4 Å². The fourth-order valence-electron chi connectivity index (χ4n) is 3.59. The molecule has 0 saturated heterocycles. The zero-order chi connectivity index (χ0) is 22.6. The second-order valence-electron chi connectivity index (χ2n) is 7.99. The number of benzene rings is 2. The van der Waals surface area contributed by atoms with Gasteiger partial charge >= 0.3 is 0 Å². The number of nitrogens with zero attached hydrogens (tertiary/aromatic N) is 1. The molecule has 0 bridgehead atoms. The third-order valence-corrected chi connectivity index (χ3v) is 7.30. The summed E-state index contributed by atoms with van der Waals surface area (Å²) in [5.41, 5.74) is 2.84. The van der Waals surface area contributed by atoms with Gasteiger partial charge in [-0.15, -0.1) is 0 Å². The smallest absolute Gasteiger partial charge is 0.268 e. The molecule has 0 unspecified atom stereocenters. The SMILES string of the molecule is CC1=C(c2ccc(C(C)C)cc2)S(=O)(=O)N(CC(=O)NCCCc2ccccc2)C1=O. The summed E-state index contributed by atoms with van der Waals surface area (Å²) in [5, 5.41) is 2.71. The van der Waals surface area contributed by atoms with E-state index in [1.54, 1.807) is 12.1 Å². The molecule has 2 aromatic carbocycles. The Hall–Kier alpha value is -2.93. The molecule has 1 aliphatic rings. The summed E-state index contributed by atoms with van der Waals surface area (Å²) in [4.78, 5) is 24.9. The van der Waals surface area contributed by atoms with Crippen LogP contribution >= 0.6 is 0 Å². The Morgan fingerprint density at radius 1 is 1.03 bits per heavy atom.